The number of ether oxygens (including phenoxy) is 2. The van der Waals surface area contributed by atoms with Crippen molar-refractivity contribution in [3.63, 3.8) is 0 Å². The van der Waals surface area contributed by atoms with Gasteiger partial charge in [-0.2, -0.15) is 0 Å². The van der Waals surface area contributed by atoms with Gasteiger partial charge < -0.3 is 14.8 Å². The van der Waals surface area contributed by atoms with E-state index in [0.29, 0.717) is 6.61 Å². The Kier molecular flexibility index (Phi) is 7.02. The van der Waals surface area contributed by atoms with Crippen molar-refractivity contribution in [3.8, 4) is 0 Å². The highest BCUT2D eigenvalue weighted by atomic mass is 16.5. The van der Waals surface area contributed by atoms with E-state index in [4.69, 9.17) is 9.47 Å². The standard InChI is InChI=1S/C23H27N3O7/c27-19(25-23(31)24-15-5-2-1-3-6-15)13-33-22(30)14-8-9-17-18(11-14)21(29)26(20(17)28)12-16-7-4-10-32-16/h8-9,11,15-16H,1-7,10,12-13H2,(H2,24,25,27,31). The lowest BCUT2D eigenvalue weighted by atomic mass is 9.96. The molecular weight excluding hydrogens is 430 g/mol. The van der Waals surface area contributed by atoms with Crippen molar-refractivity contribution in [2.24, 2.45) is 0 Å². The number of carbonyl (C=O) groups is 5. The van der Waals surface area contributed by atoms with Crippen LogP contribution in [0.25, 0.3) is 0 Å². The van der Waals surface area contributed by atoms with Crippen LogP contribution in [0.3, 0.4) is 0 Å². The van der Waals surface area contributed by atoms with Crippen molar-refractivity contribution in [1.82, 2.24) is 15.5 Å². The molecule has 1 saturated heterocycles. The first-order valence-corrected chi connectivity index (χ1v) is 11.3. The van der Waals surface area contributed by atoms with E-state index in [1.54, 1.807) is 0 Å². The van der Waals surface area contributed by atoms with Crippen LogP contribution in [-0.4, -0.2) is 66.5 Å². The van der Waals surface area contributed by atoms with Crippen molar-refractivity contribution in [1.29, 1.82) is 0 Å². The van der Waals surface area contributed by atoms with Crippen LogP contribution in [0.1, 0.15) is 76.0 Å². The third-order valence-electron chi connectivity index (χ3n) is 6.14. The van der Waals surface area contributed by atoms with Gasteiger partial charge in [0.25, 0.3) is 17.7 Å². The molecule has 1 aromatic rings. The third kappa shape index (κ3) is 5.39. The van der Waals surface area contributed by atoms with E-state index in [2.05, 4.69) is 10.6 Å². The van der Waals surface area contributed by atoms with Crippen LogP contribution >= 0.6 is 0 Å². The minimum Gasteiger partial charge on any atom is -0.452 e. The number of nitrogens with zero attached hydrogens (tertiary/aromatic N) is 1. The number of nitrogens with one attached hydrogen (secondary N) is 2. The number of fused-ring (bicyclic) bond motifs is 1. The molecule has 0 spiro atoms. The second-order valence-electron chi connectivity index (χ2n) is 8.55. The van der Waals surface area contributed by atoms with Crippen LogP contribution in [0.5, 0.6) is 0 Å². The first-order valence-electron chi connectivity index (χ1n) is 11.3. The normalized spacial score (nSPS) is 20.5. The molecule has 1 saturated carbocycles. The Morgan fingerprint density at radius 1 is 1.00 bits per heavy atom. The van der Waals surface area contributed by atoms with E-state index in [1.165, 1.54) is 18.2 Å². The summed E-state index contributed by atoms with van der Waals surface area (Å²) in [6, 6.07) is 3.49. The number of urea groups is 1. The SMILES string of the molecule is O=C(COC(=O)c1ccc2c(c1)C(=O)N(CC1CCCO1)C2=O)NC(=O)NC1CCCCC1. The van der Waals surface area contributed by atoms with Gasteiger partial charge in [-0.05, 0) is 43.9 Å². The van der Waals surface area contributed by atoms with Gasteiger partial charge in [0.2, 0.25) is 0 Å². The molecule has 1 aliphatic carbocycles. The van der Waals surface area contributed by atoms with Gasteiger partial charge in [0.15, 0.2) is 6.61 Å². The average Bonchev–Trinajstić information content (AvgIpc) is 3.41. The number of esters is 1. The lowest BCUT2D eigenvalue weighted by Gasteiger charge is -2.22. The Hall–Kier alpha value is -3.27. The maximum Gasteiger partial charge on any atom is 0.338 e. The van der Waals surface area contributed by atoms with Crippen molar-refractivity contribution >= 4 is 29.7 Å². The van der Waals surface area contributed by atoms with Crippen LogP contribution in [-0.2, 0) is 14.3 Å². The van der Waals surface area contributed by atoms with Gasteiger partial charge in [0.05, 0.1) is 29.3 Å². The number of imide groups is 2. The Labute approximate surface area is 191 Å². The predicted octanol–water partition coefficient (Wildman–Crippen LogP) is 1.78. The monoisotopic (exact) mass is 457 g/mol. The molecule has 1 unspecified atom stereocenters. The molecule has 5 amide bonds. The van der Waals surface area contributed by atoms with Gasteiger partial charge in [0, 0.05) is 12.6 Å². The van der Waals surface area contributed by atoms with Crippen molar-refractivity contribution in [3.05, 3.63) is 34.9 Å². The fourth-order valence-electron chi connectivity index (χ4n) is 4.42. The molecule has 1 atom stereocenters. The second-order valence-corrected chi connectivity index (χ2v) is 8.55. The summed E-state index contributed by atoms with van der Waals surface area (Å²) in [7, 11) is 0. The molecule has 176 valence electrons. The molecule has 2 aliphatic heterocycles. The Morgan fingerprint density at radius 2 is 1.76 bits per heavy atom. The minimum absolute atomic E-state index is 0.0355. The zero-order chi connectivity index (χ0) is 23.4. The highest BCUT2D eigenvalue weighted by molar-refractivity contribution is 6.22. The summed E-state index contributed by atoms with van der Waals surface area (Å²) in [4.78, 5) is 62.7. The van der Waals surface area contributed by atoms with Gasteiger partial charge in [-0.25, -0.2) is 9.59 Å². The molecule has 10 heteroatoms. The molecule has 33 heavy (non-hydrogen) atoms. The van der Waals surface area contributed by atoms with Gasteiger partial charge in [-0.1, -0.05) is 19.3 Å². The van der Waals surface area contributed by atoms with Crippen LogP contribution in [0.15, 0.2) is 18.2 Å². The molecule has 2 heterocycles. The Morgan fingerprint density at radius 3 is 2.48 bits per heavy atom. The highest BCUT2D eigenvalue weighted by Crippen LogP contribution is 2.26. The fourth-order valence-corrected chi connectivity index (χ4v) is 4.42. The molecule has 3 aliphatic rings. The zero-order valence-electron chi connectivity index (χ0n) is 18.3. The number of benzene rings is 1. The molecule has 1 aromatic carbocycles. The van der Waals surface area contributed by atoms with E-state index >= 15 is 0 Å². The lowest BCUT2D eigenvalue weighted by Crippen LogP contribution is -2.46. The third-order valence-corrected chi connectivity index (χ3v) is 6.14. The molecule has 0 aromatic heterocycles. The number of hydrogen-bond donors (Lipinski definition) is 2. The maximum atomic E-state index is 12.7. The molecular formula is C23H27N3O7. The molecule has 2 N–H and O–H groups in total. The summed E-state index contributed by atoms with van der Waals surface area (Å²) in [5, 5.41) is 4.89. The number of hydrogen-bond acceptors (Lipinski definition) is 7. The summed E-state index contributed by atoms with van der Waals surface area (Å²) in [5.41, 5.74) is 0.365. The van der Waals surface area contributed by atoms with E-state index in [0.717, 1.165) is 49.8 Å². The van der Waals surface area contributed by atoms with Gasteiger partial charge >= 0.3 is 12.0 Å². The van der Waals surface area contributed by atoms with Crippen molar-refractivity contribution in [2.75, 3.05) is 19.8 Å². The summed E-state index contributed by atoms with van der Waals surface area (Å²) in [6.07, 6.45) is 6.47. The summed E-state index contributed by atoms with van der Waals surface area (Å²) in [6.45, 7) is 0.140. The minimum atomic E-state index is -0.835. The molecule has 2 fully saturated rings. The Balaban J connectivity index is 1.29. The second kappa shape index (κ2) is 10.1. The first-order chi connectivity index (χ1) is 15.9. The van der Waals surface area contributed by atoms with Crippen LogP contribution < -0.4 is 10.6 Å². The summed E-state index contributed by atoms with van der Waals surface area (Å²) < 4.78 is 10.5. The summed E-state index contributed by atoms with van der Waals surface area (Å²) >= 11 is 0. The summed E-state index contributed by atoms with van der Waals surface area (Å²) in [5.74, 6) is -2.50. The van der Waals surface area contributed by atoms with Crippen LogP contribution in [0.4, 0.5) is 4.79 Å². The zero-order valence-corrected chi connectivity index (χ0v) is 18.3. The fraction of sp³-hybridized carbons (Fsp3) is 0.522. The van der Waals surface area contributed by atoms with Gasteiger partial charge in [-0.15, -0.1) is 0 Å². The van der Waals surface area contributed by atoms with E-state index in [-0.39, 0.29) is 35.4 Å². The Bertz CT molecular complexity index is 965. The predicted molar refractivity (Wildman–Crippen MR) is 115 cm³/mol. The average molecular weight is 457 g/mol. The first kappa shape index (κ1) is 22.9. The van der Waals surface area contributed by atoms with Crippen LogP contribution in [0.2, 0.25) is 0 Å². The maximum absolute atomic E-state index is 12.7. The highest BCUT2D eigenvalue weighted by Gasteiger charge is 2.38. The quantitative estimate of drug-likeness (QED) is 0.492. The smallest absolute Gasteiger partial charge is 0.338 e. The topological polar surface area (TPSA) is 131 Å². The molecule has 0 bridgehead atoms. The lowest BCUT2D eigenvalue weighted by molar-refractivity contribution is -0.123. The number of rotatable bonds is 6. The van der Waals surface area contributed by atoms with Gasteiger partial charge in [0.1, 0.15) is 0 Å². The molecule has 4 rings (SSSR count). The van der Waals surface area contributed by atoms with E-state index < -0.39 is 36.3 Å². The van der Waals surface area contributed by atoms with Crippen LogP contribution in [0, 0.1) is 0 Å². The van der Waals surface area contributed by atoms with E-state index in [1.807, 2.05) is 0 Å². The van der Waals surface area contributed by atoms with Crippen molar-refractivity contribution < 1.29 is 33.4 Å². The van der Waals surface area contributed by atoms with Gasteiger partial charge in [-0.3, -0.25) is 24.6 Å². The number of carbonyl (C=O) groups excluding carboxylic acids is 5. The molecule has 10 nitrogen and oxygen atoms in total. The number of amides is 5. The molecule has 0 radical (unpaired) electrons. The van der Waals surface area contributed by atoms with E-state index in [9.17, 15) is 24.0 Å². The van der Waals surface area contributed by atoms with Crippen molar-refractivity contribution in [2.45, 2.75) is 57.1 Å². The largest absolute Gasteiger partial charge is 0.452 e.